The van der Waals surface area contributed by atoms with Gasteiger partial charge in [-0.15, -0.1) is 0 Å². The Bertz CT molecular complexity index is 512. The third-order valence-electron chi connectivity index (χ3n) is 5.35. The van der Waals surface area contributed by atoms with Crippen LogP contribution in [0.15, 0.2) is 4.99 Å². The van der Waals surface area contributed by atoms with Crippen LogP contribution in [0.5, 0.6) is 0 Å². The fraction of sp³-hybridized carbons (Fsp3) is 0.944. The van der Waals surface area contributed by atoms with E-state index >= 15 is 0 Å². The minimum Gasteiger partial charge on any atom is -0.356 e. The molecule has 7 nitrogen and oxygen atoms in total. The van der Waals surface area contributed by atoms with Crippen LogP contribution in [-0.4, -0.2) is 71.3 Å². The Morgan fingerprint density at radius 2 is 1.73 bits per heavy atom. The van der Waals surface area contributed by atoms with Crippen LogP contribution >= 0.6 is 0 Å². The van der Waals surface area contributed by atoms with Gasteiger partial charge in [0, 0.05) is 26.7 Å². The second-order valence-corrected chi connectivity index (χ2v) is 9.43. The molecule has 3 N–H and O–H groups in total. The first kappa shape index (κ1) is 21.4. The van der Waals surface area contributed by atoms with Crippen molar-refractivity contribution < 1.29 is 8.42 Å². The largest absolute Gasteiger partial charge is 0.356 e. The van der Waals surface area contributed by atoms with E-state index in [-0.39, 0.29) is 5.75 Å². The Morgan fingerprint density at radius 3 is 2.35 bits per heavy atom. The van der Waals surface area contributed by atoms with E-state index in [2.05, 4.69) is 25.2 Å². The lowest BCUT2D eigenvalue weighted by Gasteiger charge is -2.25. The predicted molar refractivity (Wildman–Crippen MR) is 108 cm³/mol. The van der Waals surface area contributed by atoms with Crippen LogP contribution in [0.1, 0.15) is 51.4 Å². The summed E-state index contributed by atoms with van der Waals surface area (Å²) in [5, 5.41) is 6.37. The first-order chi connectivity index (χ1) is 12.6. The Labute approximate surface area is 159 Å². The molecule has 0 aromatic carbocycles. The Morgan fingerprint density at radius 1 is 1.04 bits per heavy atom. The molecule has 8 heteroatoms. The van der Waals surface area contributed by atoms with Gasteiger partial charge in [-0.3, -0.25) is 4.99 Å². The zero-order valence-electron chi connectivity index (χ0n) is 16.3. The molecule has 1 saturated heterocycles. The molecule has 0 unspecified atom stereocenters. The summed E-state index contributed by atoms with van der Waals surface area (Å²) in [6.07, 6.45) is 9.96. The van der Waals surface area contributed by atoms with E-state index in [1.54, 1.807) is 7.05 Å². The molecule has 1 saturated carbocycles. The molecule has 0 amide bonds. The predicted octanol–water partition coefficient (Wildman–Crippen LogP) is 1.14. The van der Waals surface area contributed by atoms with Gasteiger partial charge in [0.05, 0.1) is 5.75 Å². The van der Waals surface area contributed by atoms with Crippen molar-refractivity contribution in [2.45, 2.75) is 51.4 Å². The first-order valence-corrected chi connectivity index (χ1v) is 11.9. The third kappa shape index (κ3) is 8.68. The van der Waals surface area contributed by atoms with Crippen molar-refractivity contribution in [1.82, 2.24) is 20.3 Å². The van der Waals surface area contributed by atoms with Gasteiger partial charge in [0.25, 0.3) is 0 Å². The Balaban J connectivity index is 1.53. The second-order valence-electron chi connectivity index (χ2n) is 7.50. The SMILES string of the molecule is CN=C(NCCCN1CCCCCC1)NCCS(=O)(=O)NCC1CCC1. The summed E-state index contributed by atoms with van der Waals surface area (Å²) in [5.74, 6) is 1.29. The Kier molecular flexibility index (Phi) is 9.71. The number of nitrogens with one attached hydrogen (secondary N) is 3. The fourth-order valence-electron chi connectivity index (χ4n) is 3.41. The lowest BCUT2D eigenvalue weighted by Crippen LogP contribution is -2.42. The number of guanidine groups is 1. The molecule has 152 valence electrons. The summed E-state index contributed by atoms with van der Waals surface area (Å²) >= 11 is 0. The number of nitrogens with zero attached hydrogens (tertiary/aromatic N) is 2. The number of rotatable bonds is 10. The van der Waals surface area contributed by atoms with Crippen molar-refractivity contribution in [1.29, 1.82) is 0 Å². The van der Waals surface area contributed by atoms with Crippen molar-refractivity contribution in [2.75, 3.05) is 52.1 Å². The number of likely N-dealkylation sites (tertiary alicyclic amines) is 1. The molecule has 26 heavy (non-hydrogen) atoms. The third-order valence-corrected chi connectivity index (χ3v) is 6.69. The molecule has 2 fully saturated rings. The quantitative estimate of drug-likeness (QED) is 0.297. The molecule has 1 heterocycles. The van der Waals surface area contributed by atoms with Gasteiger partial charge in [-0.25, -0.2) is 13.1 Å². The van der Waals surface area contributed by atoms with Gasteiger partial charge < -0.3 is 15.5 Å². The first-order valence-electron chi connectivity index (χ1n) is 10.2. The summed E-state index contributed by atoms with van der Waals surface area (Å²) in [6, 6.07) is 0. The fourth-order valence-corrected chi connectivity index (χ4v) is 4.41. The number of aliphatic imine (C=N–C) groups is 1. The molecule has 1 aliphatic heterocycles. The Hall–Kier alpha value is -0.860. The van der Waals surface area contributed by atoms with Crippen LogP contribution in [0.4, 0.5) is 0 Å². The van der Waals surface area contributed by atoms with E-state index in [1.165, 1.54) is 45.2 Å². The molecule has 0 atom stereocenters. The summed E-state index contributed by atoms with van der Waals surface area (Å²) < 4.78 is 26.7. The van der Waals surface area contributed by atoms with Crippen molar-refractivity contribution in [2.24, 2.45) is 10.9 Å². The topological polar surface area (TPSA) is 85.8 Å². The van der Waals surface area contributed by atoms with Gasteiger partial charge in [0.2, 0.25) is 10.0 Å². The smallest absolute Gasteiger partial charge is 0.213 e. The zero-order chi connectivity index (χ0) is 18.7. The van der Waals surface area contributed by atoms with Gasteiger partial charge in [0.1, 0.15) is 0 Å². The normalized spacial score (nSPS) is 20.4. The molecule has 2 rings (SSSR count). The highest BCUT2D eigenvalue weighted by Gasteiger charge is 2.20. The number of sulfonamides is 1. The van der Waals surface area contributed by atoms with Crippen molar-refractivity contribution in [3.63, 3.8) is 0 Å². The van der Waals surface area contributed by atoms with E-state index in [0.717, 1.165) is 32.4 Å². The highest BCUT2D eigenvalue weighted by Crippen LogP contribution is 2.25. The second kappa shape index (κ2) is 11.8. The maximum atomic E-state index is 12.0. The summed E-state index contributed by atoms with van der Waals surface area (Å²) in [7, 11) is -1.49. The average Bonchev–Trinajstić information content (AvgIpc) is 2.84. The molecule has 1 aliphatic carbocycles. The molecule has 0 radical (unpaired) electrons. The van der Waals surface area contributed by atoms with Crippen LogP contribution < -0.4 is 15.4 Å². The van der Waals surface area contributed by atoms with Crippen LogP contribution in [0, 0.1) is 5.92 Å². The molecule has 0 spiro atoms. The van der Waals surface area contributed by atoms with E-state index < -0.39 is 10.0 Å². The summed E-state index contributed by atoms with van der Waals surface area (Å²) in [5.41, 5.74) is 0. The highest BCUT2D eigenvalue weighted by atomic mass is 32.2. The minimum absolute atomic E-state index is 0.0776. The molecule has 0 aromatic rings. The number of hydrogen-bond acceptors (Lipinski definition) is 4. The van der Waals surface area contributed by atoms with Gasteiger partial charge in [-0.05, 0) is 57.7 Å². The van der Waals surface area contributed by atoms with E-state index in [4.69, 9.17) is 0 Å². The van der Waals surface area contributed by atoms with Gasteiger partial charge in [-0.2, -0.15) is 0 Å². The lowest BCUT2D eigenvalue weighted by molar-refractivity contribution is 0.282. The molecule has 0 bridgehead atoms. The average molecular weight is 388 g/mol. The van der Waals surface area contributed by atoms with Crippen LogP contribution in [-0.2, 0) is 10.0 Å². The van der Waals surface area contributed by atoms with Crippen molar-refractivity contribution >= 4 is 16.0 Å². The number of hydrogen-bond donors (Lipinski definition) is 3. The maximum Gasteiger partial charge on any atom is 0.213 e. The van der Waals surface area contributed by atoms with Gasteiger partial charge >= 0.3 is 0 Å². The summed E-state index contributed by atoms with van der Waals surface area (Å²) in [6.45, 7) is 5.36. The van der Waals surface area contributed by atoms with E-state index in [1.807, 2.05) is 0 Å². The summed E-state index contributed by atoms with van der Waals surface area (Å²) in [4.78, 5) is 6.72. The van der Waals surface area contributed by atoms with Crippen LogP contribution in [0.2, 0.25) is 0 Å². The maximum absolute atomic E-state index is 12.0. The van der Waals surface area contributed by atoms with Gasteiger partial charge in [-0.1, -0.05) is 19.3 Å². The van der Waals surface area contributed by atoms with Gasteiger partial charge in [0.15, 0.2) is 5.96 Å². The van der Waals surface area contributed by atoms with Crippen LogP contribution in [0.3, 0.4) is 0 Å². The zero-order valence-corrected chi connectivity index (χ0v) is 17.1. The van der Waals surface area contributed by atoms with Crippen molar-refractivity contribution in [3.05, 3.63) is 0 Å². The molecular formula is C18H37N5O2S. The molecule has 0 aromatic heterocycles. The van der Waals surface area contributed by atoms with Crippen molar-refractivity contribution in [3.8, 4) is 0 Å². The minimum atomic E-state index is -3.20. The van der Waals surface area contributed by atoms with E-state index in [9.17, 15) is 8.42 Å². The monoisotopic (exact) mass is 387 g/mol. The molecule has 2 aliphatic rings. The molecular weight excluding hydrogens is 350 g/mol. The lowest BCUT2D eigenvalue weighted by atomic mass is 9.86. The highest BCUT2D eigenvalue weighted by molar-refractivity contribution is 7.89. The van der Waals surface area contributed by atoms with Crippen LogP contribution in [0.25, 0.3) is 0 Å². The standard InChI is InChI=1S/C18H37N5O2S/c1-19-18(20-10-7-14-23-12-4-2-3-5-13-23)21-11-15-26(24,25)22-16-17-8-6-9-17/h17,22H,2-16H2,1H3,(H2,19,20,21). The van der Waals surface area contributed by atoms with E-state index in [0.29, 0.717) is 25.0 Å².